The van der Waals surface area contributed by atoms with Crippen molar-refractivity contribution in [1.82, 2.24) is 21.3 Å². The van der Waals surface area contributed by atoms with Crippen LogP contribution < -0.4 is 21.3 Å². The third-order valence-corrected chi connectivity index (χ3v) is 3.61. The zero-order valence-electron chi connectivity index (χ0n) is 13.4. The van der Waals surface area contributed by atoms with Crippen LogP contribution in [0.25, 0.3) is 0 Å². The van der Waals surface area contributed by atoms with Gasteiger partial charge in [-0.3, -0.25) is 0 Å². The average molecular weight is 302 g/mol. The SMILES string of the molecule is CCNC[C@H](O)CNCCCNC[C@@H](O)CNCC1CC1. The summed E-state index contributed by atoms with van der Waals surface area (Å²) in [6.45, 7) is 8.32. The van der Waals surface area contributed by atoms with Crippen molar-refractivity contribution in [3.63, 3.8) is 0 Å². The fourth-order valence-electron chi connectivity index (χ4n) is 2.11. The standard InChI is InChI=1S/C15H34N4O2/c1-2-16-9-14(20)10-17-6-3-7-18-11-15(21)12-19-8-13-4-5-13/h13-21H,2-12H2,1H3/t14-,15+/m0/s1. The highest BCUT2D eigenvalue weighted by Crippen LogP contribution is 2.27. The Morgan fingerprint density at radius 2 is 1.38 bits per heavy atom. The van der Waals surface area contributed by atoms with Crippen LogP contribution in [0.5, 0.6) is 0 Å². The fraction of sp³-hybridized carbons (Fsp3) is 1.00. The van der Waals surface area contributed by atoms with E-state index < -0.39 is 0 Å². The Hall–Kier alpha value is -0.240. The van der Waals surface area contributed by atoms with Gasteiger partial charge in [-0.15, -0.1) is 0 Å². The molecule has 1 fully saturated rings. The molecule has 0 unspecified atom stereocenters. The van der Waals surface area contributed by atoms with Crippen molar-refractivity contribution in [2.45, 2.75) is 38.4 Å². The van der Waals surface area contributed by atoms with Gasteiger partial charge in [-0.05, 0) is 51.4 Å². The van der Waals surface area contributed by atoms with Crippen molar-refractivity contribution >= 4 is 0 Å². The normalized spacial score (nSPS) is 17.9. The smallest absolute Gasteiger partial charge is 0.0788 e. The van der Waals surface area contributed by atoms with Gasteiger partial charge in [0.2, 0.25) is 0 Å². The molecule has 0 aromatic heterocycles. The number of rotatable bonds is 15. The van der Waals surface area contributed by atoms with Gasteiger partial charge in [0.1, 0.15) is 0 Å². The van der Waals surface area contributed by atoms with Crippen LogP contribution >= 0.6 is 0 Å². The van der Waals surface area contributed by atoms with Gasteiger partial charge in [-0.2, -0.15) is 0 Å². The first-order valence-electron chi connectivity index (χ1n) is 8.41. The lowest BCUT2D eigenvalue weighted by atomic mass is 10.3. The predicted octanol–water partition coefficient (Wildman–Crippen LogP) is -1.11. The van der Waals surface area contributed by atoms with Gasteiger partial charge < -0.3 is 31.5 Å². The van der Waals surface area contributed by atoms with Crippen LogP contribution in [-0.4, -0.2) is 74.8 Å². The molecule has 21 heavy (non-hydrogen) atoms. The molecular weight excluding hydrogens is 268 g/mol. The minimum atomic E-state index is -0.322. The minimum absolute atomic E-state index is 0.307. The predicted molar refractivity (Wildman–Crippen MR) is 86.5 cm³/mol. The van der Waals surface area contributed by atoms with Crippen LogP contribution in [-0.2, 0) is 0 Å². The molecule has 0 radical (unpaired) electrons. The molecule has 0 spiro atoms. The van der Waals surface area contributed by atoms with E-state index in [1.807, 2.05) is 6.92 Å². The Labute approximate surface area is 129 Å². The molecule has 6 heteroatoms. The maximum Gasteiger partial charge on any atom is 0.0788 e. The minimum Gasteiger partial charge on any atom is -0.390 e. The Morgan fingerprint density at radius 3 is 1.90 bits per heavy atom. The second-order valence-electron chi connectivity index (χ2n) is 5.98. The first kappa shape index (κ1) is 18.8. The van der Waals surface area contributed by atoms with E-state index in [2.05, 4.69) is 21.3 Å². The topological polar surface area (TPSA) is 88.6 Å². The van der Waals surface area contributed by atoms with Crippen LogP contribution in [0.2, 0.25) is 0 Å². The highest BCUT2D eigenvalue weighted by Gasteiger charge is 2.20. The maximum absolute atomic E-state index is 9.76. The average Bonchev–Trinajstić information content (AvgIpc) is 3.28. The number of aliphatic hydroxyl groups is 2. The van der Waals surface area contributed by atoms with Crippen molar-refractivity contribution in [3.8, 4) is 0 Å². The Balaban J connectivity index is 1.76. The second kappa shape index (κ2) is 12.3. The van der Waals surface area contributed by atoms with E-state index >= 15 is 0 Å². The number of hydrogen-bond donors (Lipinski definition) is 6. The van der Waals surface area contributed by atoms with Gasteiger partial charge in [-0.1, -0.05) is 6.92 Å². The lowest BCUT2D eigenvalue weighted by Crippen LogP contribution is -2.38. The Kier molecular flexibility index (Phi) is 11.0. The third-order valence-electron chi connectivity index (χ3n) is 3.61. The summed E-state index contributed by atoms with van der Waals surface area (Å²) in [6.07, 6.45) is 3.06. The van der Waals surface area contributed by atoms with E-state index in [0.717, 1.165) is 38.5 Å². The molecular formula is C15H34N4O2. The molecule has 0 amide bonds. The van der Waals surface area contributed by atoms with E-state index in [-0.39, 0.29) is 12.2 Å². The molecule has 0 aliphatic heterocycles. The summed E-state index contributed by atoms with van der Waals surface area (Å²) in [5.41, 5.74) is 0. The summed E-state index contributed by atoms with van der Waals surface area (Å²) >= 11 is 0. The highest BCUT2D eigenvalue weighted by molar-refractivity contribution is 4.76. The molecule has 1 aliphatic carbocycles. The van der Waals surface area contributed by atoms with Gasteiger partial charge in [-0.25, -0.2) is 0 Å². The van der Waals surface area contributed by atoms with Gasteiger partial charge in [0, 0.05) is 26.2 Å². The zero-order chi connectivity index (χ0) is 15.3. The largest absolute Gasteiger partial charge is 0.390 e. The maximum atomic E-state index is 9.76. The van der Waals surface area contributed by atoms with E-state index in [1.54, 1.807) is 0 Å². The van der Waals surface area contributed by atoms with Gasteiger partial charge >= 0.3 is 0 Å². The first-order chi connectivity index (χ1) is 10.2. The molecule has 6 N–H and O–H groups in total. The summed E-state index contributed by atoms with van der Waals surface area (Å²) in [5.74, 6) is 0.860. The molecule has 1 rings (SSSR count). The van der Waals surface area contributed by atoms with Crippen molar-refractivity contribution in [2.24, 2.45) is 5.92 Å². The highest BCUT2D eigenvalue weighted by atomic mass is 16.3. The van der Waals surface area contributed by atoms with E-state index in [4.69, 9.17) is 0 Å². The van der Waals surface area contributed by atoms with Gasteiger partial charge in [0.15, 0.2) is 0 Å². The molecule has 0 aromatic carbocycles. The van der Waals surface area contributed by atoms with Gasteiger partial charge in [0.05, 0.1) is 12.2 Å². The number of nitrogens with one attached hydrogen (secondary N) is 4. The summed E-state index contributed by atoms with van der Waals surface area (Å²) < 4.78 is 0. The van der Waals surface area contributed by atoms with Crippen LogP contribution in [0, 0.1) is 5.92 Å². The summed E-state index contributed by atoms with van der Waals surface area (Å²) in [6, 6.07) is 0. The second-order valence-corrected chi connectivity index (χ2v) is 5.98. The number of likely N-dealkylation sites (N-methyl/N-ethyl adjacent to an activating group) is 1. The molecule has 0 saturated heterocycles. The first-order valence-corrected chi connectivity index (χ1v) is 8.41. The lowest BCUT2D eigenvalue weighted by molar-refractivity contribution is 0.166. The lowest BCUT2D eigenvalue weighted by Gasteiger charge is -2.14. The van der Waals surface area contributed by atoms with E-state index in [9.17, 15) is 10.2 Å². The molecule has 0 bridgehead atoms. The van der Waals surface area contributed by atoms with Crippen molar-refractivity contribution < 1.29 is 10.2 Å². The zero-order valence-corrected chi connectivity index (χ0v) is 13.4. The number of aliphatic hydroxyl groups excluding tert-OH is 2. The molecule has 1 saturated carbocycles. The summed E-state index contributed by atoms with van der Waals surface area (Å²) in [7, 11) is 0. The molecule has 6 nitrogen and oxygen atoms in total. The van der Waals surface area contributed by atoms with Crippen molar-refractivity contribution in [1.29, 1.82) is 0 Å². The summed E-state index contributed by atoms with van der Waals surface area (Å²) in [5, 5.41) is 32.3. The quantitative estimate of drug-likeness (QED) is 0.215. The molecule has 126 valence electrons. The Bertz CT molecular complexity index is 240. The third kappa shape index (κ3) is 12.0. The van der Waals surface area contributed by atoms with Crippen molar-refractivity contribution in [2.75, 3.05) is 52.4 Å². The monoisotopic (exact) mass is 302 g/mol. The fourth-order valence-corrected chi connectivity index (χ4v) is 2.11. The van der Waals surface area contributed by atoms with Crippen LogP contribution in [0.15, 0.2) is 0 Å². The molecule has 0 heterocycles. The number of hydrogen-bond acceptors (Lipinski definition) is 6. The molecule has 0 aromatic rings. The Morgan fingerprint density at radius 1 is 0.857 bits per heavy atom. The van der Waals surface area contributed by atoms with Crippen LogP contribution in [0.1, 0.15) is 26.2 Å². The summed E-state index contributed by atoms with van der Waals surface area (Å²) in [4.78, 5) is 0. The van der Waals surface area contributed by atoms with Gasteiger partial charge in [0.25, 0.3) is 0 Å². The molecule has 2 atom stereocenters. The van der Waals surface area contributed by atoms with Crippen LogP contribution in [0.3, 0.4) is 0 Å². The molecule has 1 aliphatic rings. The van der Waals surface area contributed by atoms with Crippen molar-refractivity contribution in [3.05, 3.63) is 0 Å². The van der Waals surface area contributed by atoms with E-state index in [0.29, 0.717) is 26.2 Å². The van der Waals surface area contributed by atoms with Crippen LogP contribution in [0.4, 0.5) is 0 Å². The van der Waals surface area contributed by atoms with E-state index in [1.165, 1.54) is 12.8 Å².